The lowest BCUT2D eigenvalue weighted by Gasteiger charge is -2.29. The van der Waals surface area contributed by atoms with Crippen LogP contribution in [0.25, 0.3) is 0 Å². The SMILES string of the molecule is CC(=O)N(CC(=O)O)C1CCCN(C(=O)Cc2cc(C)ccc2C)CC1. The smallest absolute Gasteiger partial charge is 0.323 e. The molecule has 1 aromatic carbocycles. The zero-order valence-electron chi connectivity index (χ0n) is 15.8. The van der Waals surface area contributed by atoms with Gasteiger partial charge in [-0.2, -0.15) is 0 Å². The van der Waals surface area contributed by atoms with Crippen molar-refractivity contribution in [2.24, 2.45) is 0 Å². The minimum atomic E-state index is -1.01. The Kier molecular flexibility index (Phi) is 6.77. The first-order valence-electron chi connectivity index (χ1n) is 9.11. The lowest BCUT2D eigenvalue weighted by atomic mass is 10.0. The highest BCUT2D eigenvalue weighted by atomic mass is 16.4. The summed E-state index contributed by atoms with van der Waals surface area (Å²) < 4.78 is 0. The van der Waals surface area contributed by atoms with E-state index in [2.05, 4.69) is 6.07 Å². The Morgan fingerprint density at radius 3 is 2.58 bits per heavy atom. The Morgan fingerprint density at radius 2 is 1.92 bits per heavy atom. The van der Waals surface area contributed by atoms with E-state index in [1.54, 1.807) is 0 Å². The van der Waals surface area contributed by atoms with Crippen molar-refractivity contribution in [3.05, 3.63) is 34.9 Å². The minimum Gasteiger partial charge on any atom is -0.480 e. The fourth-order valence-electron chi connectivity index (χ4n) is 3.55. The third-order valence-electron chi connectivity index (χ3n) is 5.05. The molecule has 26 heavy (non-hydrogen) atoms. The summed E-state index contributed by atoms with van der Waals surface area (Å²) in [5.74, 6) is -1.15. The van der Waals surface area contributed by atoms with Crippen molar-refractivity contribution in [2.75, 3.05) is 19.6 Å². The number of amides is 2. The third-order valence-corrected chi connectivity index (χ3v) is 5.05. The fourth-order valence-corrected chi connectivity index (χ4v) is 3.55. The van der Waals surface area contributed by atoms with Gasteiger partial charge in [0.2, 0.25) is 11.8 Å². The summed E-state index contributed by atoms with van der Waals surface area (Å²) in [6, 6.07) is 6.01. The molecule has 2 amide bonds. The van der Waals surface area contributed by atoms with E-state index >= 15 is 0 Å². The van der Waals surface area contributed by atoms with Crippen LogP contribution in [0.15, 0.2) is 18.2 Å². The minimum absolute atomic E-state index is 0.0898. The molecule has 1 fully saturated rings. The highest BCUT2D eigenvalue weighted by Gasteiger charge is 2.27. The highest BCUT2D eigenvalue weighted by molar-refractivity contribution is 5.80. The Labute approximate surface area is 154 Å². The number of rotatable bonds is 5. The number of hydrogen-bond acceptors (Lipinski definition) is 3. The summed E-state index contributed by atoms with van der Waals surface area (Å²) >= 11 is 0. The molecule has 0 spiro atoms. The molecule has 1 saturated heterocycles. The molecule has 1 aliphatic rings. The van der Waals surface area contributed by atoms with E-state index in [4.69, 9.17) is 5.11 Å². The fraction of sp³-hybridized carbons (Fsp3) is 0.550. The molecule has 6 heteroatoms. The number of aryl methyl sites for hydroxylation is 2. The summed E-state index contributed by atoms with van der Waals surface area (Å²) in [6.45, 7) is 6.35. The molecule has 0 aromatic heterocycles. The van der Waals surface area contributed by atoms with Crippen LogP contribution in [0.4, 0.5) is 0 Å². The van der Waals surface area contributed by atoms with E-state index in [1.807, 2.05) is 30.9 Å². The van der Waals surface area contributed by atoms with Gasteiger partial charge >= 0.3 is 5.97 Å². The second kappa shape index (κ2) is 8.83. The van der Waals surface area contributed by atoms with Gasteiger partial charge in [0, 0.05) is 26.1 Å². The van der Waals surface area contributed by atoms with Crippen LogP contribution >= 0.6 is 0 Å². The van der Waals surface area contributed by atoms with E-state index in [0.29, 0.717) is 25.9 Å². The first kappa shape index (κ1) is 19.9. The molecule has 1 aliphatic heterocycles. The van der Waals surface area contributed by atoms with Crippen molar-refractivity contribution >= 4 is 17.8 Å². The standard InChI is InChI=1S/C20H28N2O4/c1-14-6-7-15(2)17(11-14)12-19(24)21-9-4-5-18(8-10-21)22(16(3)23)13-20(25)26/h6-7,11,18H,4-5,8-10,12-13H2,1-3H3,(H,25,26). The lowest BCUT2D eigenvalue weighted by molar-refractivity contribution is -0.145. The summed E-state index contributed by atoms with van der Waals surface area (Å²) in [7, 11) is 0. The van der Waals surface area contributed by atoms with Crippen molar-refractivity contribution in [1.29, 1.82) is 0 Å². The average molecular weight is 360 g/mol. The van der Waals surface area contributed by atoms with Crippen LogP contribution in [0, 0.1) is 13.8 Å². The zero-order valence-corrected chi connectivity index (χ0v) is 15.8. The third kappa shape index (κ3) is 5.31. The number of likely N-dealkylation sites (tertiary alicyclic amines) is 1. The van der Waals surface area contributed by atoms with Crippen LogP contribution < -0.4 is 0 Å². The number of carboxylic acids is 1. The van der Waals surface area contributed by atoms with E-state index in [9.17, 15) is 14.4 Å². The van der Waals surface area contributed by atoms with Crippen molar-refractivity contribution < 1.29 is 19.5 Å². The number of nitrogens with zero attached hydrogens (tertiary/aromatic N) is 2. The van der Waals surface area contributed by atoms with Crippen LogP contribution in [0.5, 0.6) is 0 Å². The maximum atomic E-state index is 12.7. The monoisotopic (exact) mass is 360 g/mol. The number of carbonyl (C=O) groups is 3. The van der Waals surface area contributed by atoms with Gasteiger partial charge in [0.15, 0.2) is 0 Å². The molecule has 1 heterocycles. The predicted octanol–water partition coefficient (Wildman–Crippen LogP) is 2.16. The Hall–Kier alpha value is -2.37. The molecule has 1 N–H and O–H groups in total. The summed E-state index contributed by atoms with van der Waals surface area (Å²) in [5.41, 5.74) is 3.30. The Balaban J connectivity index is 2.00. The first-order valence-corrected chi connectivity index (χ1v) is 9.11. The topological polar surface area (TPSA) is 77.9 Å². The second-order valence-electron chi connectivity index (χ2n) is 7.11. The number of carboxylic acid groups (broad SMARTS) is 1. The predicted molar refractivity (Wildman–Crippen MR) is 98.9 cm³/mol. The van der Waals surface area contributed by atoms with E-state index in [1.165, 1.54) is 11.8 Å². The summed E-state index contributed by atoms with van der Waals surface area (Å²) in [6.07, 6.45) is 2.49. The van der Waals surface area contributed by atoms with Gasteiger partial charge in [0.05, 0.1) is 6.42 Å². The van der Waals surface area contributed by atoms with Gasteiger partial charge < -0.3 is 14.9 Å². The number of aliphatic carboxylic acids is 1. The summed E-state index contributed by atoms with van der Waals surface area (Å²) in [5, 5.41) is 9.03. The van der Waals surface area contributed by atoms with Crippen LogP contribution in [-0.2, 0) is 20.8 Å². The molecular formula is C20H28N2O4. The van der Waals surface area contributed by atoms with Gasteiger partial charge in [0.25, 0.3) is 0 Å². The van der Waals surface area contributed by atoms with Crippen LogP contribution in [-0.4, -0.2) is 58.4 Å². The van der Waals surface area contributed by atoms with Gasteiger partial charge in [0.1, 0.15) is 6.54 Å². The average Bonchev–Trinajstić information content (AvgIpc) is 2.81. The largest absolute Gasteiger partial charge is 0.480 e. The zero-order chi connectivity index (χ0) is 19.3. The maximum Gasteiger partial charge on any atom is 0.323 e. The van der Waals surface area contributed by atoms with Gasteiger partial charge in [-0.3, -0.25) is 14.4 Å². The lowest BCUT2D eigenvalue weighted by Crippen LogP contribution is -2.43. The number of carbonyl (C=O) groups excluding carboxylic acids is 2. The molecule has 0 bridgehead atoms. The Morgan fingerprint density at radius 1 is 1.19 bits per heavy atom. The number of hydrogen-bond donors (Lipinski definition) is 1. The normalized spacial score (nSPS) is 17.5. The quantitative estimate of drug-likeness (QED) is 0.873. The molecule has 142 valence electrons. The van der Waals surface area contributed by atoms with Crippen LogP contribution in [0.2, 0.25) is 0 Å². The first-order chi connectivity index (χ1) is 12.3. The van der Waals surface area contributed by atoms with Crippen molar-refractivity contribution in [3.63, 3.8) is 0 Å². The van der Waals surface area contributed by atoms with Crippen LogP contribution in [0.3, 0.4) is 0 Å². The Bertz CT molecular complexity index is 686. The molecule has 6 nitrogen and oxygen atoms in total. The molecule has 2 rings (SSSR count). The maximum absolute atomic E-state index is 12.7. The van der Waals surface area contributed by atoms with Gasteiger partial charge in [-0.25, -0.2) is 0 Å². The van der Waals surface area contributed by atoms with Crippen molar-refractivity contribution in [1.82, 2.24) is 9.80 Å². The van der Waals surface area contributed by atoms with Gasteiger partial charge in [-0.05, 0) is 44.2 Å². The molecule has 1 unspecified atom stereocenters. The van der Waals surface area contributed by atoms with Gasteiger partial charge in [-0.15, -0.1) is 0 Å². The molecule has 0 aliphatic carbocycles. The van der Waals surface area contributed by atoms with E-state index in [-0.39, 0.29) is 24.4 Å². The van der Waals surface area contributed by atoms with Gasteiger partial charge in [-0.1, -0.05) is 23.8 Å². The molecule has 0 radical (unpaired) electrons. The molecule has 1 atom stereocenters. The highest BCUT2D eigenvalue weighted by Crippen LogP contribution is 2.19. The number of benzene rings is 1. The summed E-state index contributed by atoms with van der Waals surface area (Å²) in [4.78, 5) is 38.8. The van der Waals surface area contributed by atoms with Crippen molar-refractivity contribution in [2.45, 2.75) is 52.5 Å². The molecular weight excluding hydrogens is 332 g/mol. The molecule has 1 aromatic rings. The van der Waals surface area contributed by atoms with Crippen LogP contribution in [0.1, 0.15) is 42.9 Å². The second-order valence-corrected chi connectivity index (χ2v) is 7.11. The molecule has 0 saturated carbocycles. The van der Waals surface area contributed by atoms with E-state index in [0.717, 1.165) is 29.5 Å². The van der Waals surface area contributed by atoms with Crippen molar-refractivity contribution in [3.8, 4) is 0 Å². The van der Waals surface area contributed by atoms with E-state index < -0.39 is 5.97 Å².